The van der Waals surface area contributed by atoms with Crippen LogP contribution in [0.15, 0.2) is 46.6 Å². The number of halogens is 1. The highest BCUT2D eigenvalue weighted by Crippen LogP contribution is 2.38. The Morgan fingerprint density at radius 1 is 1.07 bits per heavy atom. The Balaban J connectivity index is 1.94. The van der Waals surface area contributed by atoms with E-state index in [4.69, 9.17) is 4.74 Å². The maximum absolute atomic E-state index is 12.9. The molecule has 3 rings (SSSR count). The highest BCUT2D eigenvalue weighted by Gasteiger charge is 2.31. The second-order valence-electron chi connectivity index (χ2n) is 8.50. The van der Waals surface area contributed by atoms with Gasteiger partial charge >= 0.3 is 0 Å². The number of rotatable bonds is 7. The number of quaternary nitrogens is 1. The van der Waals surface area contributed by atoms with Gasteiger partial charge in [0.15, 0.2) is 5.76 Å². The molecule has 0 radical (unpaired) electrons. The van der Waals surface area contributed by atoms with Crippen molar-refractivity contribution in [2.45, 2.75) is 34.2 Å². The number of hydrogen-bond acceptors (Lipinski definition) is 3. The van der Waals surface area contributed by atoms with Crippen molar-refractivity contribution in [1.29, 1.82) is 0 Å². The van der Waals surface area contributed by atoms with Crippen molar-refractivity contribution in [3.8, 4) is 11.5 Å². The fourth-order valence-electron chi connectivity index (χ4n) is 3.82. The molecule has 2 aromatic rings. The third-order valence-corrected chi connectivity index (χ3v) is 5.63. The highest BCUT2D eigenvalue weighted by atomic mass is 79.9. The molecule has 1 N–H and O–H groups in total. The number of fused-ring (bicyclic) bond motifs is 1. The highest BCUT2D eigenvalue weighted by molar-refractivity contribution is 9.10. The van der Waals surface area contributed by atoms with Gasteiger partial charge in [-0.25, -0.2) is 0 Å². The number of ether oxygens (including phenoxy) is 1. The minimum atomic E-state index is -0.175. The smallest absolute Gasteiger partial charge is 0.231 e. The van der Waals surface area contributed by atoms with Crippen LogP contribution in [0.1, 0.15) is 49.2 Å². The van der Waals surface area contributed by atoms with E-state index < -0.39 is 0 Å². The molecular formula is C24H28BrNO3. The first-order valence-electron chi connectivity index (χ1n) is 10.1. The Morgan fingerprint density at radius 2 is 1.72 bits per heavy atom. The van der Waals surface area contributed by atoms with E-state index in [1.807, 2.05) is 24.3 Å². The van der Waals surface area contributed by atoms with E-state index in [-0.39, 0.29) is 17.3 Å². The molecule has 0 aromatic heterocycles. The Labute approximate surface area is 181 Å². The van der Waals surface area contributed by atoms with Crippen LogP contribution >= 0.6 is 15.9 Å². The minimum absolute atomic E-state index is 0.0660. The number of Topliss-reactive ketones (excluding diaryl/α,β-unsaturated/α-hetero) is 1. The summed E-state index contributed by atoms with van der Waals surface area (Å²) >= 11 is 3.50. The minimum Gasteiger partial charge on any atom is -0.872 e. The van der Waals surface area contributed by atoms with E-state index in [9.17, 15) is 9.90 Å². The van der Waals surface area contributed by atoms with Crippen LogP contribution < -0.4 is 14.7 Å². The molecule has 0 spiro atoms. The molecule has 0 unspecified atom stereocenters. The maximum atomic E-state index is 12.9. The Hall–Kier alpha value is -2.11. The van der Waals surface area contributed by atoms with Crippen molar-refractivity contribution in [3.63, 3.8) is 0 Å². The second kappa shape index (κ2) is 9.14. The van der Waals surface area contributed by atoms with Crippen LogP contribution in [0.2, 0.25) is 0 Å². The topological polar surface area (TPSA) is 53.8 Å². The van der Waals surface area contributed by atoms with Crippen molar-refractivity contribution in [3.05, 3.63) is 63.3 Å². The standard InChI is InChI=1S/C24H28BrNO3/c1-15(2)12-26(13-16(3)4)14-19-21(27)10-9-18-23(28)22(29-24(18)19)11-17-7-5-6-8-20(17)25/h5-11,15-16,27H,12-14H2,1-4H3. The number of hydrogen-bond donors (Lipinski definition) is 1. The first kappa shape index (κ1) is 21.6. The summed E-state index contributed by atoms with van der Waals surface area (Å²) in [5, 5.41) is 12.7. The summed E-state index contributed by atoms with van der Waals surface area (Å²) in [6, 6.07) is 10.7. The summed E-state index contributed by atoms with van der Waals surface area (Å²) in [6.07, 6.45) is 1.73. The molecule has 154 valence electrons. The molecular weight excluding hydrogens is 430 g/mol. The van der Waals surface area contributed by atoms with Gasteiger partial charge in [-0.1, -0.05) is 73.6 Å². The van der Waals surface area contributed by atoms with Gasteiger partial charge in [0, 0.05) is 21.9 Å². The zero-order valence-corrected chi connectivity index (χ0v) is 19.0. The number of ketones is 1. The molecule has 0 fully saturated rings. The molecule has 0 atom stereocenters. The molecule has 0 aliphatic carbocycles. The third kappa shape index (κ3) is 5.09. The van der Waals surface area contributed by atoms with Gasteiger partial charge in [-0.05, 0) is 23.8 Å². The lowest BCUT2D eigenvalue weighted by atomic mass is 10.0. The van der Waals surface area contributed by atoms with Crippen LogP contribution in [0, 0.1) is 11.8 Å². The van der Waals surface area contributed by atoms with Gasteiger partial charge in [-0.3, -0.25) is 4.79 Å². The van der Waals surface area contributed by atoms with Crippen LogP contribution in [0.25, 0.3) is 6.08 Å². The molecule has 0 bridgehead atoms. The summed E-state index contributed by atoms with van der Waals surface area (Å²) in [7, 11) is 0. The van der Waals surface area contributed by atoms with Crippen LogP contribution in [0.4, 0.5) is 0 Å². The van der Waals surface area contributed by atoms with E-state index in [1.54, 1.807) is 12.1 Å². The Kier molecular flexibility index (Phi) is 6.81. The average Bonchev–Trinajstić information content (AvgIpc) is 2.94. The number of benzene rings is 2. The van der Waals surface area contributed by atoms with Crippen LogP contribution in [0.5, 0.6) is 11.5 Å². The van der Waals surface area contributed by atoms with E-state index in [1.165, 1.54) is 11.0 Å². The maximum Gasteiger partial charge on any atom is 0.231 e. The summed E-state index contributed by atoms with van der Waals surface area (Å²) in [4.78, 5) is 14.2. The average molecular weight is 458 g/mol. The second-order valence-corrected chi connectivity index (χ2v) is 9.36. The summed E-state index contributed by atoms with van der Waals surface area (Å²) in [5.41, 5.74) is 1.94. The van der Waals surface area contributed by atoms with Crippen molar-refractivity contribution in [1.82, 2.24) is 0 Å². The summed E-state index contributed by atoms with van der Waals surface area (Å²) in [6.45, 7) is 11.2. The van der Waals surface area contributed by atoms with E-state index >= 15 is 0 Å². The molecule has 0 saturated heterocycles. The molecule has 0 saturated carbocycles. The normalized spacial score (nSPS) is 14.9. The monoisotopic (exact) mass is 457 g/mol. The molecule has 1 aliphatic rings. The van der Waals surface area contributed by atoms with Gasteiger partial charge in [0.25, 0.3) is 0 Å². The van der Waals surface area contributed by atoms with Gasteiger partial charge in [0.2, 0.25) is 5.78 Å². The molecule has 2 aromatic carbocycles. The summed E-state index contributed by atoms with van der Waals surface area (Å²) < 4.78 is 6.86. The van der Waals surface area contributed by atoms with E-state index in [2.05, 4.69) is 43.6 Å². The zero-order chi connectivity index (χ0) is 21.1. The number of nitrogens with one attached hydrogen (secondary N) is 1. The molecule has 1 aliphatic heterocycles. The van der Waals surface area contributed by atoms with Crippen molar-refractivity contribution in [2.75, 3.05) is 13.1 Å². The van der Waals surface area contributed by atoms with Crippen molar-refractivity contribution >= 4 is 27.8 Å². The predicted molar refractivity (Wildman–Crippen MR) is 117 cm³/mol. The molecule has 4 nitrogen and oxygen atoms in total. The Morgan fingerprint density at radius 3 is 2.34 bits per heavy atom. The molecule has 5 heteroatoms. The van der Waals surface area contributed by atoms with E-state index in [0.717, 1.165) is 23.1 Å². The third-order valence-electron chi connectivity index (χ3n) is 4.91. The van der Waals surface area contributed by atoms with Gasteiger partial charge in [-0.2, -0.15) is 0 Å². The summed E-state index contributed by atoms with van der Waals surface area (Å²) in [5.74, 6) is 1.49. The van der Waals surface area contributed by atoms with Crippen molar-refractivity contribution in [2.24, 2.45) is 11.8 Å². The van der Waals surface area contributed by atoms with Crippen molar-refractivity contribution < 1.29 is 19.5 Å². The van der Waals surface area contributed by atoms with Crippen LogP contribution in [-0.4, -0.2) is 18.9 Å². The first-order valence-corrected chi connectivity index (χ1v) is 10.9. The fourth-order valence-corrected chi connectivity index (χ4v) is 4.22. The first-order chi connectivity index (χ1) is 13.8. The molecule has 0 amide bonds. The van der Waals surface area contributed by atoms with Crippen LogP contribution in [-0.2, 0) is 6.54 Å². The molecule has 29 heavy (non-hydrogen) atoms. The zero-order valence-electron chi connectivity index (χ0n) is 17.4. The number of allylic oxidation sites excluding steroid dienone is 1. The lowest BCUT2D eigenvalue weighted by Gasteiger charge is -2.26. The van der Waals surface area contributed by atoms with Crippen LogP contribution in [0.3, 0.4) is 0 Å². The van der Waals surface area contributed by atoms with E-state index in [0.29, 0.717) is 35.3 Å². The van der Waals surface area contributed by atoms with Gasteiger partial charge in [-0.15, -0.1) is 0 Å². The lowest BCUT2D eigenvalue weighted by molar-refractivity contribution is -0.919. The quantitative estimate of drug-likeness (QED) is 0.642. The van der Waals surface area contributed by atoms with Gasteiger partial charge < -0.3 is 14.7 Å². The number of carbonyl (C=O) groups is 1. The van der Waals surface area contributed by atoms with Gasteiger partial charge in [0.1, 0.15) is 12.3 Å². The largest absolute Gasteiger partial charge is 0.872 e. The number of carbonyl (C=O) groups excluding carboxylic acids is 1. The van der Waals surface area contributed by atoms with Gasteiger partial charge in [0.05, 0.1) is 18.7 Å². The lowest BCUT2D eigenvalue weighted by Crippen LogP contribution is -3.11. The SMILES string of the molecule is CC(C)C[NH+](Cc1c([O-])ccc2c1OC(=Cc1ccccc1Br)C2=O)CC(C)C. The fraction of sp³-hybridized carbons (Fsp3) is 0.375. The predicted octanol–water partition coefficient (Wildman–Crippen LogP) is 3.84. The molecule has 1 heterocycles. The Bertz CT molecular complexity index is 924.